The standard InChI is InChI=1S/C13H17N3O/c1-4-5-8-17-13-9(2)11(14-3)15-12(16-13)10-6-7-10/h1,10H,5-8H2,2-3H3,(H,14,15,16). The topological polar surface area (TPSA) is 47.0 Å². The summed E-state index contributed by atoms with van der Waals surface area (Å²) < 4.78 is 5.60. The molecule has 0 spiro atoms. The molecule has 1 aliphatic rings. The lowest BCUT2D eigenvalue weighted by Crippen LogP contribution is -2.07. The lowest BCUT2D eigenvalue weighted by molar-refractivity contribution is 0.310. The van der Waals surface area contributed by atoms with E-state index < -0.39 is 0 Å². The second-order valence-electron chi connectivity index (χ2n) is 4.19. The van der Waals surface area contributed by atoms with Gasteiger partial charge in [0.15, 0.2) is 0 Å². The third-order valence-corrected chi connectivity index (χ3v) is 2.78. The fourth-order valence-electron chi connectivity index (χ4n) is 1.63. The van der Waals surface area contributed by atoms with E-state index in [9.17, 15) is 0 Å². The Morgan fingerprint density at radius 2 is 2.24 bits per heavy atom. The fraction of sp³-hybridized carbons (Fsp3) is 0.538. The van der Waals surface area contributed by atoms with E-state index in [2.05, 4.69) is 21.2 Å². The van der Waals surface area contributed by atoms with Gasteiger partial charge in [-0.1, -0.05) is 0 Å². The highest BCUT2D eigenvalue weighted by molar-refractivity contribution is 5.48. The van der Waals surface area contributed by atoms with Crippen LogP contribution < -0.4 is 10.1 Å². The minimum Gasteiger partial charge on any atom is -0.476 e. The monoisotopic (exact) mass is 231 g/mol. The maximum Gasteiger partial charge on any atom is 0.221 e. The van der Waals surface area contributed by atoms with Crippen LogP contribution in [0.15, 0.2) is 0 Å². The molecule has 0 amide bonds. The predicted molar refractivity (Wildman–Crippen MR) is 67.2 cm³/mol. The number of nitrogens with zero attached hydrogens (tertiary/aromatic N) is 2. The minimum atomic E-state index is 0.502. The van der Waals surface area contributed by atoms with Crippen molar-refractivity contribution in [2.75, 3.05) is 19.0 Å². The van der Waals surface area contributed by atoms with Crippen LogP contribution in [-0.2, 0) is 0 Å². The molecule has 1 aromatic heterocycles. The van der Waals surface area contributed by atoms with Crippen LogP contribution in [0.25, 0.3) is 0 Å². The van der Waals surface area contributed by atoms with Gasteiger partial charge in [-0.15, -0.1) is 12.3 Å². The van der Waals surface area contributed by atoms with Crippen molar-refractivity contribution < 1.29 is 4.74 Å². The van der Waals surface area contributed by atoms with E-state index in [1.54, 1.807) is 0 Å². The van der Waals surface area contributed by atoms with Crippen molar-refractivity contribution in [3.05, 3.63) is 11.4 Å². The first-order chi connectivity index (χ1) is 8.26. The second-order valence-corrected chi connectivity index (χ2v) is 4.19. The summed E-state index contributed by atoms with van der Waals surface area (Å²) in [7, 11) is 1.86. The van der Waals surface area contributed by atoms with Gasteiger partial charge in [-0.05, 0) is 19.8 Å². The molecule has 1 heterocycles. The number of terminal acetylenes is 1. The normalized spacial score (nSPS) is 14.2. The quantitative estimate of drug-likeness (QED) is 0.622. The number of nitrogens with one attached hydrogen (secondary N) is 1. The van der Waals surface area contributed by atoms with Crippen molar-refractivity contribution >= 4 is 5.82 Å². The van der Waals surface area contributed by atoms with Gasteiger partial charge >= 0.3 is 0 Å². The average Bonchev–Trinajstić information content (AvgIpc) is 3.15. The van der Waals surface area contributed by atoms with Gasteiger partial charge in [0, 0.05) is 19.4 Å². The molecular weight excluding hydrogens is 214 g/mol. The van der Waals surface area contributed by atoms with Crippen molar-refractivity contribution in [2.45, 2.75) is 32.1 Å². The van der Waals surface area contributed by atoms with Gasteiger partial charge < -0.3 is 10.1 Å². The lowest BCUT2D eigenvalue weighted by Gasteiger charge is -2.12. The van der Waals surface area contributed by atoms with E-state index in [0.29, 0.717) is 24.8 Å². The van der Waals surface area contributed by atoms with E-state index in [0.717, 1.165) is 17.2 Å². The van der Waals surface area contributed by atoms with Crippen molar-refractivity contribution in [1.29, 1.82) is 0 Å². The highest BCUT2D eigenvalue weighted by atomic mass is 16.5. The largest absolute Gasteiger partial charge is 0.476 e. The van der Waals surface area contributed by atoms with Crippen LogP contribution in [0, 0.1) is 19.3 Å². The van der Waals surface area contributed by atoms with Crippen molar-refractivity contribution in [1.82, 2.24) is 9.97 Å². The zero-order valence-corrected chi connectivity index (χ0v) is 10.3. The smallest absolute Gasteiger partial charge is 0.221 e. The first-order valence-electron chi connectivity index (χ1n) is 5.88. The fourth-order valence-corrected chi connectivity index (χ4v) is 1.63. The molecule has 0 atom stereocenters. The van der Waals surface area contributed by atoms with Crippen LogP contribution in [-0.4, -0.2) is 23.6 Å². The summed E-state index contributed by atoms with van der Waals surface area (Å²) in [4.78, 5) is 8.97. The SMILES string of the molecule is C#CCCOc1nc(C2CC2)nc(NC)c1C. The number of rotatable bonds is 5. The molecule has 0 radical (unpaired) electrons. The molecule has 0 bridgehead atoms. The Bertz CT molecular complexity index is 447. The van der Waals surface area contributed by atoms with Gasteiger partial charge in [-0.25, -0.2) is 4.98 Å². The Morgan fingerprint density at radius 1 is 1.47 bits per heavy atom. The first kappa shape index (κ1) is 11.7. The van der Waals surface area contributed by atoms with E-state index in [1.165, 1.54) is 12.8 Å². The number of anilines is 1. The van der Waals surface area contributed by atoms with E-state index in [4.69, 9.17) is 11.2 Å². The van der Waals surface area contributed by atoms with E-state index in [1.807, 2.05) is 14.0 Å². The number of aromatic nitrogens is 2. The molecule has 0 aliphatic heterocycles. The number of ether oxygens (including phenoxy) is 1. The Morgan fingerprint density at radius 3 is 2.82 bits per heavy atom. The van der Waals surface area contributed by atoms with Gasteiger partial charge in [0.1, 0.15) is 18.2 Å². The molecule has 17 heavy (non-hydrogen) atoms. The van der Waals surface area contributed by atoms with Crippen molar-refractivity contribution in [2.24, 2.45) is 0 Å². The predicted octanol–water partition coefficient (Wildman–Crippen LogP) is 2.11. The molecular formula is C13H17N3O. The second kappa shape index (κ2) is 5.05. The van der Waals surface area contributed by atoms with Crippen LogP contribution >= 0.6 is 0 Å². The molecule has 90 valence electrons. The molecule has 0 aromatic carbocycles. The Kier molecular flexibility index (Phi) is 3.48. The highest BCUT2D eigenvalue weighted by Crippen LogP contribution is 2.39. The van der Waals surface area contributed by atoms with E-state index in [-0.39, 0.29) is 0 Å². The molecule has 1 N–H and O–H groups in total. The van der Waals surface area contributed by atoms with Crippen molar-refractivity contribution in [3.63, 3.8) is 0 Å². The van der Waals surface area contributed by atoms with Gasteiger partial charge in [0.05, 0.1) is 5.56 Å². The first-order valence-corrected chi connectivity index (χ1v) is 5.88. The van der Waals surface area contributed by atoms with Crippen LogP contribution in [0.5, 0.6) is 5.88 Å². The maximum atomic E-state index is 5.60. The van der Waals surface area contributed by atoms with Gasteiger partial charge in [0.2, 0.25) is 5.88 Å². The van der Waals surface area contributed by atoms with Crippen LogP contribution in [0.4, 0.5) is 5.82 Å². The van der Waals surface area contributed by atoms with Crippen LogP contribution in [0.2, 0.25) is 0 Å². The van der Waals surface area contributed by atoms with Gasteiger partial charge in [-0.3, -0.25) is 0 Å². The summed E-state index contributed by atoms with van der Waals surface area (Å²) in [6.45, 7) is 2.45. The molecule has 2 rings (SSSR count). The number of hydrogen-bond acceptors (Lipinski definition) is 4. The molecule has 1 saturated carbocycles. The van der Waals surface area contributed by atoms with Crippen LogP contribution in [0.1, 0.15) is 36.6 Å². The third kappa shape index (κ3) is 2.68. The summed E-state index contributed by atoms with van der Waals surface area (Å²) in [6.07, 6.45) is 8.15. The maximum absolute atomic E-state index is 5.60. The summed E-state index contributed by atoms with van der Waals surface area (Å²) in [5.41, 5.74) is 0.939. The summed E-state index contributed by atoms with van der Waals surface area (Å²) >= 11 is 0. The molecule has 0 unspecified atom stereocenters. The highest BCUT2D eigenvalue weighted by Gasteiger charge is 2.28. The summed E-state index contributed by atoms with van der Waals surface area (Å²) in [6, 6.07) is 0. The number of hydrogen-bond donors (Lipinski definition) is 1. The third-order valence-electron chi connectivity index (χ3n) is 2.78. The Labute approximate surface area is 102 Å². The summed E-state index contributed by atoms with van der Waals surface area (Å²) in [5.74, 6) is 5.45. The summed E-state index contributed by atoms with van der Waals surface area (Å²) in [5, 5.41) is 3.08. The molecule has 4 nitrogen and oxygen atoms in total. The average molecular weight is 231 g/mol. The van der Waals surface area contributed by atoms with Crippen LogP contribution in [0.3, 0.4) is 0 Å². The molecule has 0 saturated heterocycles. The van der Waals surface area contributed by atoms with Gasteiger partial charge in [0.25, 0.3) is 0 Å². The molecule has 1 aromatic rings. The molecule has 1 fully saturated rings. The zero-order valence-electron chi connectivity index (χ0n) is 10.3. The van der Waals surface area contributed by atoms with Gasteiger partial charge in [-0.2, -0.15) is 4.98 Å². The Hall–Kier alpha value is -1.76. The minimum absolute atomic E-state index is 0.502. The van der Waals surface area contributed by atoms with Crippen molar-refractivity contribution in [3.8, 4) is 18.2 Å². The zero-order chi connectivity index (χ0) is 12.3. The molecule has 1 aliphatic carbocycles. The van der Waals surface area contributed by atoms with E-state index >= 15 is 0 Å². The Balaban J connectivity index is 2.22. The molecule has 4 heteroatoms. The lowest BCUT2D eigenvalue weighted by atomic mass is 10.3.